The summed E-state index contributed by atoms with van der Waals surface area (Å²) in [6.45, 7) is 3.23. The molecule has 0 aliphatic carbocycles. The van der Waals surface area contributed by atoms with Crippen LogP contribution in [-0.2, 0) is 14.8 Å². The van der Waals surface area contributed by atoms with Gasteiger partial charge in [0, 0.05) is 36.2 Å². The molecule has 2 aromatic carbocycles. The number of carbonyl (C=O) groups is 1. The molecule has 0 radical (unpaired) electrons. The number of hydrogen-bond acceptors (Lipinski definition) is 4. The summed E-state index contributed by atoms with van der Waals surface area (Å²) in [4.78, 5) is 14.2. The average Bonchev–Trinajstić information content (AvgIpc) is 2.68. The van der Waals surface area contributed by atoms with E-state index >= 15 is 0 Å². The van der Waals surface area contributed by atoms with Gasteiger partial charge in [0.25, 0.3) is 0 Å². The fourth-order valence-electron chi connectivity index (χ4n) is 3.33. The van der Waals surface area contributed by atoms with Crippen LogP contribution in [0.4, 0.5) is 4.39 Å². The Kier molecular flexibility index (Phi) is 7.36. The summed E-state index contributed by atoms with van der Waals surface area (Å²) >= 11 is 12.1. The number of sulfonamides is 1. The third-order valence-electron chi connectivity index (χ3n) is 4.94. The zero-order valence-electron chi connectivity index (χ0n) is 16.3. The van der Waals surface area contributed by atoms with Gasteiger partial charge in [-0.2, -0.15) is 4.31 Å². The highest BCUT2D eigenvalue weighted by Gasteiger charge is 2.29. The number of piperazine rings is 1. The predicted molar refractivity (Wildman–Crippen MR) is 115 cm³/mol. The lowest BCUT2D eigenvalue weighted by Gasteiger charge is -2.33. The van der Waals surface area contributed by atoms with Crippen LogP contribution >= 0.6 is 23.2 Å². The minimum atomic E-state index is -3.76. The summed E-state index contributed by atoms with van der Waals surface area (Å²) in [5.41, 5.74) is 0.764. The molecule has 10 heteroatoms. The minimum Gasteiger partial charge on any atom is -0.348 e. The van der Waals surface area contributed by atoms with Gasteiger partial charge >= 0.3 is 0 Å². The Morgan fingerprint density at radius 1 is 1.13 bits per heavy atom. The van der Waals surface area contributed by atoms with Gasteiger partial charge < -0.3 is 5.32 Å². The van der Waals surface area contributed by atoms with Crippen LogP contribution in [0.15, 0.2) is 47.4 Å². The van der Waals surface area contributed by atoms with Gasteiger partial charge in [0.15, 0.2) is 0 Å². The van der Waals surface area contributed by atoms with Gasteiger partial charge in [-0.25, -0.2) is 12.8 Å². The molecule has 30 heavy (non-hydrogen) atoms. The molecular weight excluding hydrogens is 452 g/mol. The third-order valence-corrected chi connectivity index (χ3v) is 7.40. The fourth-order valence-corrected chi connectivity index (χ4v) is 5.35. The van der Waals surface area contributed by atoms with Gasteiger partial charge in [-0.15, -0.1) is 0 Å². The zero-order valence-corrected chi connectivity index (χ0v) is 18.6. The van der Waals surface area contributed by atoms with E-state index in [1.807, 2.05) is 11.8 Å². The molecule has 162 valence electrons. The van der Waals surface area contributed by atoms with Crippen LogP contribution in [0.5, 0.6) is 0 Å². The molecule has 1 heterocycles. The maximum atomic E-state index is 13.4. The van der Waals surface area contributed by atoms with E-state index in [2.05, 4.69) is 5.32 Å². The lowest BCUT2D eigenvalue weighted by atomic mass is 10.1. The number of nitrogens with zero attached hydrogens (tertiary/aromatic N) is 2. The quantitative estimate of drug-likeness (QED) is 0.698. The second kappa shape index (κ2) is 9.62. The molecule has 2 aromatic rings. The van der Waals surface area contributed by atoms with Gasteiger partial charge in [0.05, 0.1) is 17.5 Å². The van der Waals surface area contributed by atoms with E-state index in [-0.39, 0.29) is 36.5 Å². The summed E-state index contributed by atoms with van der Waals surface area (Å²) in [5.74, 6) is -0.781. The first-order chi connectivity index (χ1) is 14.2. The van der Waals surface area contributed by atoms with E-state index < -0.39 is 15.8 Å². The Hall–Kier alpha value is -1.71. The Morgan fingerprint density at radius 3 is 2.47 bits per heavy atom. The van der Waals surface area contributed by atoms with E-state index in [0.717, 1.165) is 11.6 Å². The molecule has 1 atom stereocenters. The molecule has 1 saturated heterocycles. The van der Waals surface area contributed by atoms with Crippen LogP contribution in [-0.4, -0.2) is 56.3 Å². The molecule has 0 bridgehead atoms. The van der Waals surface area contributed by atoms with Gasteiger partial charge in [-0.05, 0) is 42.8 Å². The SMILES string of the molecule is CC(NC(=O)CN1CCN(S(=O)(=O)c2cccc(F)c2)CC1)c1ccc(Cl)cc1Cl. The van der Waals surface area contributed by atoms with Crippen molar-refractivity contribution < 1.29 is 17.6 Å². The first-order valence-corrected chi connectivity index (χ1v) is 11.6. The third kappa shape index (κ3) is 5.50. The van der Waals surface area contributed by atoms with Crippen molar-refractivity contribution in [1.29, 1.82) is 0 Å². The van der Waals surface area contributed by atoms with E-state index in [1.165, 1.54) is 22.5 Å². The Bertz CT molecular complexity index is 1030. The van der Waals surface area contributed by atoms with E-state index in [9.17, 15) is 17.6 Å². The van der Waals surface area contributed by atoms with Crippen LogP contribution in [0.1, 0.15) is 18.5 Å². The van der Waals surface area contributed by atoms with Crippen molar-refractivity contribution in [2.75, 3.05) is 32.7 Å². The molecular formula is C20H22Cl2FN3O3S. The van der Waals surface area contributed by atoms with Crippen molar-refractivity contribution in [3.8, 4) is 0 Å². The molecule has 1 N–H and O–H groups in total. The number of hydrogen-bond donors (Lipinski definition) is 1. The number of nitrogens with one attached hydrogen (secondary N) is 1. The van der Waals surface area contributed by atoms with Gasteiger partial charge in [-0.3, -0.25) is 9.69 Å². The first-order valence-electron chi connectivity index (χ1n) is 9.39. The lowest BCUT2D eigenvalue weighted by Crippen LogP contribution is -2.51. The Labute approximate surface area is 185 Å². The normalized spacial score (nSPS) is 16.9. The summed E-state index contributed by atoms with van der Waals surface area (Å²) in [6, 6.07) is 9.77. The van der Waals surface area contributed by atoms with Gasteiger partial charge in [-0.1, -0.05) is 35.3 Å². The predicted octanol–water partition coefficient (Wildman–Crippen LogP) is 3.32. The highest BCUT2D eigenvalue weighted by atomic mass is 35.5. The van der Waals surface area contributed by atoms with Crippen molar-refractivity contribution in [2.24, 2.45) is 0 Å². The second-order valence-electron chi connectivity index (χ2n) is 7.09. The van der Waals surface area contributed by atoms with E-state index in [0.29, 0.717) is 23.1 Å². The van der Waals surface area contributed by atoms with Crippen molar-refractivity contribution in [1.82, 2.24) is 14.5 Å². The smallest absolute Gasteiger partial charge is 0.243 e. The molecule has 3 rings (SSSR count). The van der Waals surface area contributed by atoms with Crippen molar-refractivity contribution in [3.63, 3.8) is 0 Å². The number of amides is 1. The summed E-state index contributed by atoms with van der Waals surface area (Å²) in [6.07, 6.45) is 0. The van der Waals surface area contributed by atoms with Crippen LogP contribution in [0.2, 0.25) is 10.0 Å². The molecule has 1 aliphatic rings. The van der Waals surface area contributed by atoms with E-state index in [4.69, 9.17) is 23.2 Å². The van der Waals surface area contributed by atoms with Crippen molar-refractivity contribution in [2.45, 2.75) is 17.9 Å². The number of benzene rings is 2. The first kappa shape index (κ1) is 23.0. The molecule has 0 saturated carbocycles. The summed E-state index contributed by atoms with van der Waals surface area (Å²) in [7, 11) is -3.76. The Balaban J connectivity index is 1.53. The monoisotopic (exact) mass is 473 g/mol. The largest absolute Gasteiger partial charge is 0.348 e. The molecule has 0 aromatic heterocycles. The number of carbonyl (C=O) groups excluding carboxylic acids is 1. The molecule has 6 nitrogen and oxygen atoms in total. The molecule has 1 fully saturated rings. The number of halogens is 3. The molecule has 1 unspecified atom stereocenters. The fraction of sp³-hybridized carbons (Fsp3) is 0.350. The van der Waals surface area contributed by atoms with Gasteiger partial charge in [0.2, 0.25) is 15.9 Å². The highest BCUT2D eigenvalue weighted by Crippen LogP contribution is 2.26. The maximum Gasteiger partial charge on any atom is 0.243 e. The standard InChI is InChI=1S/C20H22Cl2FN3O3S/c1-14(18-6-5-15(21)11-19(18)22)24-20(27)13-25-7-9-26(10-8-25)30(28,29)17-4-2-3-16(23)12-17/h2-6,11-12,14H,7-10,13H2,1H3,(H,24,27). The van der Waals surface area contributed by atoms with Crippen molar-refractivity contribution >= 4 is 39.1 Å². The van der Waals surface area contributed by atoms with Crippen LogP contribution < -0.4 is 5.32 Å². The number of rotatable bonds is 6. The van der Waals surface area contributed by atoms with Crippen LogP contribution in [0.3, 0.4) is 0 Å². The lowest BCUT2D eigenvalue weighted by molar-refractivity contribution is -0.123. The van der Waals surface area contributed by atoms with Crippen LogP contribution in [0, 0.1) is 5.82 Å². The zero-order chi connectivity index (χ0) is 21.9. The second-order valence-corrected chi connectivity index (χ2v) is 9.87. The summed E-state index contributed by atoms with van der Waals surface area (Å²) in [5, 5.41) is 3.90. The Morgan fingerprint density at radius 2 is 1.83 bits per heavy atom. The minimum absolute atomic E-state index is 0.0673. The highest BCUT2D eigenvalue weighted by molar-refractivity contribution is 7.89. The van der Waals surface area contributed by atoms with Crippen LogP contribution in [0.25, 0.3) is 0 Å². The van der Waals surface area contributed by atoms with Crippen molar-refractivity contribution in [3.05, 3.63) is 63.9 Å². The summed E-state index contributed by atoms with van der Waals surface area (Å²) < 4.78 is 40.0. The molecule has 1 aliphatic heterocycles. The molecule has 1 amide bonds. The maximum absolute atomic E-state index is 13.4. The molecule has 0 spiro atoms. The topological polar surface area (TPSA) is 69.7 Å². The average molecular weight is 474 g/mol. The van der Waals surface area contributed by atoms with Gasteiger partial charge in [0.1, 0.15) is 5.82 Å². The van der Waals surface area contributed by atoms with E-state index in [1.54, 1.807) is 18.2 Å².